The highest BCUT2D eigenvalue weighted by Gasteiger charge is 2.25. The average Bonchev–Trinajstić information content (AvgIpc) is 3.52. The zero-order chi connectivity index (χ0) is 21.8. The zero-order valence-electron chi connectivity index (χ0n) is 17.6. The van der Waals surface area contributed by atoms with Crippen molar-refractivity contribution < 1.29 is 9.21 Å². The minimum absolute atomic E-state index is 0.0673. The molecule has 6 nitrogen and oxygen atoms in total. The number of piperidine rings is 1. The van der Waals surface area contributed by atoms with Gasteiger partial charge in [0.15, 0.2) is 10.8 Å². The molecule has 5 rings (SSSR count). The van der Waals surface area contributed by atoms with Gasteiger partial charge in [0.1, 0.15) is 4.88 Å². The summed E-state index contributed by atoms with van der Waals surface area (Å²) in [6.07, 6.45) is 5.29. The number of hydrogen-bond donors (Lipinski definition) is 1. The van der Waals surface area contributed by atoms with Crippen molar-refractivity contribution in [1.82, 2.24) is 20.2 Å². The topological polar surface area (TPSA) is 71.3 Å². The summed E-state index contributed by atoms with van der Waals surface area (Å²) >= 11 is 1.38. The molecule has 1 saturated heterocycles. The number of rotatable bonds is 6. The molecule has 7 heteroatoms. The Morgan fingerprint density at radius 1 is 1.06 bits per heavy atom. The molecular formula is C25H24N4O2S. The van der Waals surface area contributed by atoms with Crippen LogP contribution in [0.3, 0.4) is 0 Å². The molecule has 1 aliphatic heterocycles. The van der Waals surface area contributed by atoms with Crippen LogP contribution in [-0.4, -0.2) is 39.9 Å². The van der Waals surface area contributed by atoms with Crippen molar-refractivity contribution >= 4 is 17.2 Å². The van der Waals surface area contributed by atoms with E-state index in [4.69, 9.17) is 9.40 Å². The minimum atomic E-state index is -0.0673. The fraction of sp³-hybridized carbons (Fsp3) is 0.240. The van der Waals surface area contributed by atoms with Gasteiger partial charge in [0.05, 0.1) is 17.7 Å². The van der Waals surface area contributed by atoms with Gasteiger partial charge in [-0.15, -0.1) is 11.3 Å². The van der Waals surface area contributed by atoms with E-state index in [0.717, 1.165) is 43.7 Å². The van der Waals surface area contributed by atoms with Gasteiger partial charge in [0.25, 0.3) is 5.91 Å². The molecule has 0 radical (unpaired) electrons. The lowest BCUT2D eigenvalue weighted by Crippen LogP contribution is -2.44. The number of nitrogens with one attached hydrogen (secondary N) is 1. The molecule has 0 aliphatic carbocycles. The second kappa shape index (κ2) is 9.46. The molecule has 3 aromatic heterocycles. The summed E-state index contributed by atoms with van der Waals surface area (Å²) in [6, 6.07) is 19.7. The van der Waals surface area contributed by atoms with E-state index in [2.05, 4.69) is 21.3 Å². The molecule has 4 heterocycles. The number of carbonyl (C=O) groups excluding carboxylic acids is 1. The Hall–Kier alpha value is -3.29. The van der Waals surface area contributed by atoms with Gasteiger partial charge in [-0.2, -0.15) is 0 Å². The van der Waals surface area contributed by atoms with Crippen molar-refractivity contribution in [3.8, 4) is 22.0 Å². The smallest absolute Gasteiger partial charge is 0.263 e. The molecule has 0 atom stereocenters. The molecule has 32 heavy (non-hydrogen) atoms. The molecule has 162 valence electrons. The average molecular weight is 445 g/mol. The predicted octanol–water partition coefficient (Wildman–Crippen LogP) is 4.86. The van der Waals surface area contributed by atoms with Crippen LogP contribution in [0.4, 0.5) is 0 Å². The van der Waals surface area contributed by atoms with Crippen LogP contribution in [-0.2, 0) is 6.54 Å². The molecule has 0 saturated carbocycles. The summed E-state index contributed by atoms with van der Waals surface area (Å²) in [4.78, 5) is 25.4. The van der Waals surface area contributed by atoms with Crippen LogP contribution in [0.15, 0.2) is 77.5 Å². The van der Waals surface area contributed by atoms with Crippen molar-refractivity contribution in [3.05, 3.63) is 83.7 Å². The monoisotopic (exact) mass is 444 g/mol. The van der Waals surface area contributed by atoms with Crippen molar-refractivity contribution in [2.24, 2.45) is 0 Å². The number of amides is 1. The number of aromatic nitrogens is 2. The van der Waals surface area contributed by atoms with Crippen LogP contribution in [0.25, 0.3) is 22.0 Å². The summed E-state index contributed by atoms with van der Waals surface area (Å²) in [6.45, 7) is 2.72. The standard InChI is InChI=1S/C25H24N4O2S/c30-24(27-19-11-14-29(15-12-19)17-20-9-4-5-13-26-20)23-22(18-7-2-1-3-8-18)28-25(32-23)21-10-6-16-31-21/h1-10,13,16,19H,11-12,14-15,17H2,(H,27,30). The number of benzene rings is 1. The number of thiazole rings is 1. The van der Waals surface area contributed by atoms with Gasteiger partial charge < -0.3 is 9.73 Å². The van der Waals surface area contributed by atoms with E-state index in [-0.39, 0.29) is 11.9 Å². The first-order valence-corrected chi connectivity index (χ1v) is 11.6. The van der Waals surface area contributed by atoms with E-state index in [1.807, 2.05) is 60.8 Å². The predicted molar refractivity (Wildman–Crippen MR) is 125 cm³/mol. The van der Waals surface area contributed by atoms with Gasteiger partial charge >= 0.3 is 0 Å². The molecule has 4 aromatic rings. The van der Waals surface area contributed by atoms with E-state index >= 15 is 0 Å². The minimum Gasteiger partial charge on any atom is -0.462 e. The Bertz CT molecular complexity index is 1150. The van der Waals surface area contributed by atoms with Gasteiger partial charge in [0, 0.05) is 37.4 Å². The first-order chi connectivity index (χ1) is 15.8. The van der Waals surface area contributed by atoms with Crippen LogP contribution in [0, 0.1) is 0 Å². The Balaban J connectivity index is 1.28. The van der Waals surface area contributed by atoms with Gasteiger partial charge in [-0.25, -0.2) is 4.98 Å². The summed E-state index contributed by atoms with van der Waals surface area (Å²) in [7, 11) is 0. The van der Waals surface area contributed by atoms with Crippen molar-refractivity contribution in [2.75, 3.05) is 13.1 Å². The highest BCUT2D eigenvalue weighted by molar-refractivity contribution is 7.17. The molecular weight excluding hydrogens is 420 g/mol. The van der Waals surface area contributed by atoms with Crippen molar-refractivity contribution in [2.45, 2.75) is 25.4 Å². The number of furan rings is 1. The lowest BCUT2D eigenvalue weighted by atomic mass is 10.0. The van der Waals surface area contributed by atoms with E-state index in [9.17, 15) is 4.79 Å². The first-order valence-electron chi connectivity index (χ1n) is 10.8. The lowest BCUT2D eigenvalue weighted by Gasteiger charge is -2.32. The van der Waals surface area contributed by atoms with Crippen LogP contribution >= 0.6 is 11.3 Å². The quantitative estimate of drug-likeness (QED) is 0.460. The third-order valence-corrected chi connectivity index (χ3v) is 6.72. The molecule has 0 unspecified atom stereocenters. The third-order valence-electron chi connectivity index (χ3n) is 5.65. The second-order valence-electron chi connectivity index (χ2n) is 7.89. The molecule has 1 amide bonds. The Labute approximate surface area is 190 Å². The lowest BCUT2D eigenvalue weighted by molar-refractivity contribution is 0.0913. The van der Waals surface area contributed by atoms with Crippen LogP contribution in [0.1, 0.15) is 28.2 Å². The van der Waals surface area contributed by atoms with E-state index in [1.165, 1.54) is 11.3 Å². The maximum Gasteiger partial charge on any atom is 0.263 e. The van der Waals surface area contributed by atoms with Gasteiger partial charge in [-0.1, -0.05) is 36.4 Å². The Morgan fingerprint density at radius 3 is 2.59 bits per heavy atom. The fourth-order valence-corrected chi connectivity index (χ4v) is 4.94. The number of likely N-dealkylation sites (tertiary alicyclic amines) is 1. The van der Waals surface area contributed by atoms with Crippen molar-refractivity contribution in [3.63, 3.8) is 0 Å². The highest BCUT2D eigenvalue weighted by atomic mass is 32.1. The first kappa shape index (κ1) is 20.6. The second-order valence-corrected chi connectivity index (χ2v) is 8.88. The van der Waals surface area contributed by atoms with Gasteiger partial charge in [-0.05, 0) is 37.1 Å². The molecule has 1 N–H and O–H groups in total. The maximum atomic E-state index is 13.3. The van der Waals surface area contributed by atoms with Crippen LogP contribution in [0.5, 0.6) is 0 Å². The molecule has 1 aromatic carbocycles. The normalized spacial score (nSPS) is 15.0. The summed E-state index contributed by atoms with van der Waals surface area (Å²) in [5.74, 6) is 0.608. The van der Waals surface area contributed by atoms with Crippen molar-refractivity contribution in [1.29, 1.82) is 0 Å². The SMILES string of the molecule is O=C(NC1CCN(Cc2ccccn2)CC1)c1sc(-c2ccco2)nc1-c1ccccc1. The van der Waals surface area contributed by atoms with Gasteiger partial charge in [-0.3, -0.25) is 14.7 Å². The maximum absolute atomic E-state index is 13.3. The van der Waals surface area contributed by atoms with E-state index in [1.54, 1.807) is 6.26 Å². The van der Waals surface area contributed by atoms with Crippen LogP contribution in [0.2, 0.25) is 0 Å². The Kier molecular flexibility index (Phi) is 6.09. The molecule has 1 fully saturated rings. The number of nitrogens with zero attached hydrogens (tertiary/aromatic N) is 3. The number of carbonyl (C=O) groups is 1. The third kappa shape index (κ3) is 4.64. The number of pyridine rings is 1. The van der Waals surface area contributed by atoms with E-state index in [0.29, 0.717) is 21.3 Å². The molecule has 1 aliphatic rings. The van der Waals surface area contributed by atoms with Crippen LogP contribution < -0.4 is 5.32 Å². The summed E-state index contributed by atoms with van der Waals surface area (Å²) in [5.41, 5.74) is 2.71. The summed E-state index contributed by atoms with van der Waals surface area (Å²) in [5, 5.41) is 3.96. The van der Waals surface area contributed by atoms with Gasteiger partial charge in [0.2, 0.25) is 0 Å². The highest BCUT2D eigenvalue weighted by Crippen LogP contribution is 2.34. The zero-order valence-corrected chi connectivity index (χ0v) is 18.4. The van der Waals surface area contributed by atoms with E-state index < -0.39 is 0 Å². The summed E-state index contributed by atoms with van der Waals surface area (Å²) < 4.78 is 5.52. The number of hydrogen-bond acceptors (Lipinski definition) is 6. The fourth-order valence-electron chi connectivity index (χ4n) is 3.98. The largest absolute Gasteiger partial charge is 0.462 e. The molecule has 0 bridgehead atoms. The molecule has 0 spiro atoms. The Morgan fingerprint density at radius 2 is 1.88 bits per heavy atom.